The van der Waals surface area contributed by atoms with Crippen molar-refractivity contribution >= 4 is 0 Å². The molecule has 96 valence electrons. The molecule has 0 spiro atoms. The van der Waals surface area contributed by atoms with Crippen LogP contribution >= 0.6 is 0 Å². The Morgan fingerprint density at radius 3 is 2.19 bits per heavy atom. The van der Waals surface area contributed by atoms with E-state index in [-0.39, 0.29) is 5.54 Å². The topological polar surface area (TPSA) is 29.3 Å². The van der Waals surface area contributed by atoms with E-state index in [0.717, 1.165) is 31.3 Å². The standard InChI is InChI=1S/C14H30N2/c1-5-14(15,6-2)11-16(13-7-8-13)10-9-12(3)4/h12-13H,5-11,15H2,1-4H3. The van der Waals surface area contributed by atoms with Gasteiger partial charge in [0.2, 0.25) is 0 Å². The SMILES string of the molecule is CCC(N)(CC)CN(CCC(C)C)C1CC1. The van der Waals surface area contributed by atoms with Crippen LogP contribution in [0.25, 0.3) is 0 Å². The summed E-state index contributed by atoms with van der Waals surface area (Å²) < 4.78 is 0. The minimum absolute atomic E-state index is 0.0412. The van der Waals surface area contributed by atoms with Crippen molar-refractivity contribution in [3.05, 3.63) is 0 Å². The first-order valence-corrected chi connectivity index (χ1v) is 7.03. The number of nitrogens with two attached hydrogens (primary N) is 1. The van der Waals surface area contributed by atoms with E-state index in [1.54, 1.807) is 0 Å². The Labute approximate surface area is 102 Å². The first-order valence-electron chi connectivity index (χ1n) is 7.03. The third-order valence-corrected chi connectivity index (χ3v) is 3.98. The van der Waals surface area contributed by atoms with Crippen molar-refractivity contribution in [2.75, 3.05) is 13.1 Å². The van der Waals surface area contributed by atoms with Gasteiger partial charge in [-0.1, -0.05) is 27.7 Å². The molecular formula is C14H30N2. The van der Waals surface area contributed by atoms with Gasteiger partial charge < -0.3 is 5.73 Å². The molecule has 2 nitrogen and oxygen atoms in total. The first kappa shape index (κ1) is 14.0. The van der Waals surface area contributed by atoms with Crippen LogP contribution in [-0.2, 0) is 0 Å². The van der Waals surface area contributed by atoms with Gasteiger partial charge in [-0.3, -0.25) is 4.90 Å². The Kier molecular flexibility index (Phi) is 5.26. The second-order valence-electron chi connectivity index (χ2n) is 5.95. The van der Waals surface area contributed by atoms with Crippen molar-refractivity contribution in [3.63, 3.8) is 0 Å². The van der Waals surface area contributed by atoms with Gasteiger partial charge in [0.15, 0.2) is 0 Å². The Bertz CT molecular complexity index is 193. The van der Waals surface area contributed by atoms with Crippen LogP contribution in [0.1, 0.15) is 59.8 Å². The largest absolute Gasteiger partial charge is 0.324 e. The number of hydrogen-bond donors (Lipinski definition) is 1. The molecule has 0 radical (unpaired) electrons. The maximum Gasteiger partial charge on any atom is 0.0278 e. The van der Waals surface area contributed by atoms with Crippen molar-refractivity contribution in [2.24, 2.45) is 11.7 Å². The number of nitrogens with zero attached hydrogens (tertiary/aromatic N) is 1. The van der Waals surface area contributed by atoms with Crippen molar-refractivity contribution < 1.29 is 0 Å². The molecule has 1 fully saturated rings. The van der Waals surface area contributed by atoms with E-state index >= 15 is 0 Å². The summed E-state index contributed by atoms with van der Waals surface area (Å²) in [6, 6.07) is 0.847. The normalized spacial score (nSPS) is 17.4. The molecule has 0 unspecified atom stereocenters. The van der Waals surface area contributed by atoms with E-state index in [9.17, 15) is 0 Å². The molecule has 0 aromatic rings. The van der Waals surface area contributed by atoms with E-state index in [2.05, 4.69) is 32.6 Å². The van der Waals surface area contributed by atoms with Gasteiger partial charge in [-0.2, -0.15) is 0 Å². The number of hydrogen-bond acceptors (Lipinski definition) is 2. The highest BCUT2D eigenvalue weighted by molar-refractivity contribution is 4.92. The van der Waals surface area contributed by atoms with Crippen LogP contribution in [0.5, 0.6) is 0 Å². The Balaban J connectivity index is 2.43. The van der Waals surface area contributed by atoms with Crippen LogP contribution in [-0.4, -0.2) is 29.6 Å². The molecule has 2 heteroatoms. The second-order valence-corrected chi connectivity index (χ2v) is 5.95. The minimum Gasteiger partial charge on any atom is -0.324 e. The van der Waals surface area contributed by atoms with Gasteiger partial charge >= 0.3 is 0 Å². The van der Waals surface area contributed by atoms with Crippen LogP contribution < -0.4 is 5.73 Å². The van der Waals surface area contributed by atoms with E-state index in [4.69, 9.17) is 5.73 Å². The molecule has 1 rings (SSSR count). The lowest BCUT2D eigenvalue weighted by atomic mass is 9.93. The van der Waals surface area contributed by atoms with Crippen molar-refractivity contribution in [1.82, 2.24) is 4.90 Å². The fraction of sp³-hybridized carbons (Fsp3) is 1.00. The smallest absolute Gasteiger partial charge is 0.0278 e. The number of rotatable bonds is 8. The predicted molar refractivity (Wildman–Crippen MR) is 71.6 cm³/mol. The lowest BCUT2D eigenvalue weighted by Crippen LogP contribution is -2.50. The fourth-order valence-electron chi connectivity index (χ4n) is 2.13. The van der Waals surface area contributed by atoms with Gasteiger partial charge in [0.1, 0.15) is 0 Å². The monoisotopic (exact) mass is 226 g/mol. The zero-order valence-corrected chi connectivity index (χ0v) is 11.6. The molecule has 0 heterocycles. The summed E-state index contributed by atoms with van der Waals surface area (Å²) in [7, 11) is 0. The van der Waals surface area contributed by atoms with E-state index in [1.807, 2.05) is 0 Å². The third-order valence-electron chi connectivity index (χ3n) is 3.98. The molecule has 0 atom stereocenters. The van der Waals surface area contributed by atoms with Crippen LogP contribution in [0, 0.1) is 5.92 Å². The van der Waals surface area contributed by atoms with Crippen molar-refractivity contribution in [2.45, 2.75) is 71.4 Å². The van der Waals surface area contributed by atoms with Crippen LogP contribution in [0.4, 0.5) is 0 Å². The van der Waals surface area contributed by atoms with Crippen LogP contribution in [0.15, 0.2) is 0 Å². The van der Waals surface area contributed by atoms with Gasteiger partial charge in [0.05, 0.1) is 0 Å². The highest BCUT2D eigenvalue weighted by Gasteiger charge is 2.33. The zero-order chi connectivity index (χ0) is 12.2. The average molecular weight is 226 g/mol. The third kappa shape index (κ3) is 4.42. The molecule has 0 aliphatic heterocycles. The van der Waals surface area contributed by atoms with Crippen molar-refractivity contribution in [1.29, 1.82) is 0 Å². The molecule has 1 saturated carbocycles. The summed E-state index contributed by atoms with van der Waals surface area (Å²) in [6.07, 6.45) is 6.27. The van der Waals surface area contributed by atoms with Gasteiger partial charge in [-0.25, -0.2) is 0 Å². The first-order chi connectivity index (χ1) is 7.50. The Morgan fingerprint density at radius 2 is 1.81 bits per heavy atom. The van der Waals surface area contributed by atoms with E-state index < -0.39 is 0 Å². The fourth-order valence-corrected chi connectivity index (χ4v) is 2.13. The highest BCUT2D eigenvalue weighted by atomic mass is 15.2. The predicted octanol–water partition coefficient (Wildman–Crippen LogP) is 3.01. The molecular weight excluding hydrogens is 196 g/mol. The lowest BCUT2D eigenvalue weighted by molar-refractivity contribution is 0.182. The molecule has 2 N–H and O–H groups in total. The summed E-state index contributed by atoms with van der Waals surface area (Å²) in [5, 5.41) is 0. The summed E-state index contributed by atoms with van der Waals surface area (Å²) in [6.45, 7) is 11.4. The molecule has 0 amide bonds. The lowest BCUT2D eigenvalue weighted by Gasteiger charge is -2.34. The van der Waals surface area contributed by atoms with Crippen LogP contribution in [0.2, 0.25) is 0 Å². The van der Waals surface area contributed by atoms with Gasteiger partial charge in [-0.15, -0.1) is 0 Å². The molecule has 0 bridgehead atoms. The van der Waals surface area contributed by atoms with Crippen molar-refractivity contribution in [3.8, 4) is 0 Å². The molecule has 0 saturated heterocycles. The molecule has 0 aromatic carbocycles. The quantitative estimate of drug-likeness (QED) is 0.689. The van der Waals surface area contributed by atoms with E-state index in [1.165, 1.54) is 25.8 Å². The summed E-state index contributed by atoms with van der Waals surface area (Å²) >= 11 is 0. The van der Waals surface area contributed by atoms with Gasteiger partial charge in [0.25, 0.3) is 0 Å². The molecule has 0 aromatic heterocycles. The Morgan fingerprint density at radius 1 is 1.25 bits per heavy atom. The zero-order valence-electron chi connectivity index (χ0n) is 11.6. The highest BCUT2D eigenvalue weighted by Crippen LogP contribution is 2.29. The minimum atomic E-state index is 0.0412. The summed E-state index contributed by atoms with van der Waals surface area (Å²) in [5.41, 5.74) is 6.47. The van der Waals surface area contributed by atoms with E-state index in [0.29, 0.717) is 0 Å². The molecule has 16 heavy (non-hydrogen) atoms. The summed E-state index contributed by atoms with van der Waals surface area (Å²) in [4.78, 5) is 2.65. The Hall–Kier alpha value is -0.0800. The maximum absolute atomic E-state index is 6.43. The van der Waals surface area contributed by atoms with Gasteiger partial charge in [0, 0.05) is 18.1 Å². The average Bonchev–Trinajstić information content (AvgIpc) is 3.07. The maximum atomic E-state index is 6.43. The van der Waals surface area contributed by atoms with Gasteiger partial charge in [-0.05, 0) is 44.6 Å². The molecule has 1 aliphatic rings. The van der Waals surface area contributed by atoms with Crippen LogP contribution in [0.3, 0.4) is 0 Å². The second kappa shape index (κ2) is 6.02. The summed E-state index contributed by atoms with van der Waals surface area (Å²) in [5.74, 6) is 0.802. The molecule has 1 aliphatic carbocycles.